The van der Waals surface area contributed by atoms with Crippen molar-refractivity contribution in [1.29, 1.82) is 0 Å². The van der Waals surface area contributed by atoms with Crippen LogP contribution in [0, 0.1) is 11.8 Å². The van der Waals surface area contributed by atoms with Gasteiger partial charge in [0.05, 0.1) is 24.1 Å². The van der Waals surface area contributed by atoms with Gasteiger partial charge in [0.2, 0.25) is 21.8 Å². The normalized spacial score (nSPS) is 26.4. The van der Waals surface area contributed by atoms with E-state index in [1.165, 1.54) is 15.7 Å². The third-order valence-corrected chi connectivity index (χ3v) is 12.9. The first kappa shape index (κ1) is 38.0. The predicted molar refractivity (Wildman–Crippen MR) is 205 cm³/mol. The van der Waals surface area contributed by atoms with Crippen LogP contribution < -0.4 is 20.9 Å². The van der Waals surface area contributed by atoms with Gasteiger partial charge in [0.1, 0.15) is 17.6 Å². The summed E-state index contributed by atoms with van der Waals surface area (Å²) in [6, 6.07) is 10.7. The number of ether oxygens (including phenoxy) is 1. The summed E-state index contributed by atoms with van der Waals surface area (Å²) in [6.07, 6.45) is 8.47. The molecule has 3 N–H and O–H groups in total. The monoisotopic (exact) mass is 770 g/mol. The highest BCUT2D eigenvalue weighted by Gasteiger charge is 2.62. The van der Waals surface area contributed by atoms with Gasteiger partial charge in [-0.05, 0) is 60.8 Å². The molecule has 7 rings (SSSR count). The average molecular weight is 771 g/mol. The highest BCUT2D eigenvalue weighted by molar-refractivity contribution is 7.91. The van der Waals surface area contributed by atoms with Crippen LogP contribution in [0.4, 0.5) is 4.79 Å². The Hall–Kier alpha value is -5.31. The van der Waals surface area contributed by atoms with Crippen LogP contribution in [0.5, 0.6) is 0 Å². The number of aromatic nitrogens is 2. The van der Waals surface area contributed by atoms with Crippen LogP contribution in [0.15, 0.2) is 78.3 Å². The minimum absolute atomic E-state index is 0.0382. The minimum Gasteiger partial charge on any atom is -0.449 e. The number of nitrogens with zero attached hydrogens (tertiary/aromatic N) is 3. The van der Waals surface area contributed by atoms with Crippen molar-refractivity contribution in [2.24, 2.45) is 11.8 Å². The number of allylic oxidation sites excluding steroid dienone is 1. The molecule has 1 saturated heterocycles. The van der Waals surface area contributed by atoms with Crippen molar-refractivity contribution in [3.05, 3.63) is 89.4 Å². The fourth-order valence-corrected chi connectivity index (χ4v) is 9.11. The number of fused-ring (bicyclic) bond motifs is 6. The molecule has 3 heterocycles. The molecule has 2 saturated carbocycles. The van der Waals surface area contributed by atoms with Crippen LogP contribution in [-0.4, -0.2) is 82.9 Å². The SMILES string of the molecule is C=C[C@@H]1CC1(NC(=O)[C@@H]1CC2CN1C(=O)[C@H](C(C)C)NC(=O)OCC/C=C/CCc1c(-c3cccc4ccccc34)cnn2c1=O)C(=O)NS(=O)(=O)C1CC1. The second-order valence-corrected chi connectivity index (χ2v) is 17.2. The lowest BCUT2D eigenvalue weighted by molar-refractivity contribution is -0.141. The quantitative estimate of drug-likeness (QED) is 0.289. The number of carbonyl (C=O) groups is 4. The smallest absolute Gasteiger partial charge is 0.407 e. The molecule has 4 bridgehead atoms. The van der Waals surface area contributed by atoms with Crippen molar-refractivity contribution in [1.82, 2.24) is 30.0 Å². The number of alkyl carbamates (subject to hydrolysis) is 1. The van der Waals surface area contributed by atoms with Gasteiger partial charge < -0.3 is 20.3 Å². The fourth-order valence-electron chi connectivity index (χ4n) is 7.74. The fraction of sp³-hybridized carbons (Fsp3) is 0.450. The second kappa shape index (κ2) is 15.1. The molecule has 4 aliphatic rings. The Balaban J connectivity index is 1.27. The van der Waals surface area contributed by atoms with Gasteiger partial charge in [-0.1, -0.05) is 74.5 Å². The van der Waals surface area contributed by atoms with E-state index in [1.54, 1.807) is 20.0 Å². The Bertz CT molecular complexity index is 2240. The van der Waals surface area contributed by atoms with Gasteiger partial charge in [0.15, 0.2) is 0 Å². The summed E-state index contributed by atoms with van der Waals surface area (Å²) in [4.78, 5) is 71.1. The Kier molecular flexibility index (Phi) is 10.4. The highest BCUT2D eigenvalue weighted by atomic mass is 32.2. The standard InChI is InChI=1S/C40H46N6O8S/c1-4-26-21-40(26,38(50)44-55(52,53)28-17-18-28)43-35(47)33-20-27-23-45(33)37(49)34(24(2)3)42-39(51)54-19-10-6-5-7-15-31-32(22-41-46(27)36(31)48)30-16-11-13-25-12-8-9-14-29(25)30/h4-6,8-9,11-14,16,22,24,26-28,33-34H,1,7,10,15,17-21,23H2,2-3H3,(H,42,51)(H,43,47)(H,44,50)/b6-5+/t26-,27?,33+,34+,40?/m1/s1. The molecule has 15 heteroatoms. The Labute approximate surface area is 319 Å². The topological polar surface area (TPSA) is 186 Å². The Morgan fingerprint density at radius 2 is 1.80 bits per heavy atom. The molecule has 2 aromatic carbocycles. The molecule has 4 amide bonds. The number of cyclic esters (lactones) is 1. The molecule has 5 atom stereocenters. The van der Waals surface area contributed by atoms with Crippen LogP contribution in [-0.2, 0) is 35.6 Å². The van der Waals surface area contributed by atoms with Gasteiger partial charge in [-0.2, -0.15) is 5.10 Å². The first-order chi connectivity index (χ1) is 26.3. The van der Waals surface area contributed by atoms with E-state index >= 15 is 0 Å². The summed E-state index contributed by atoms with van der Waals surface area (Å²) in [6.45, 7) is 7.23. The summed E-state index contributed by atoms with van der Waals surface area (Å²) in [5.74, 6) is -3.12. The molecule has 2 unspecified atom stereocenters. The molecule has 3 fully saturated rings. The van der Waals surface area contributed by atoms with E-state index in [0.29, 0.717) is 43.2 Å². The average Bonchev–Trinajstić information content (AvgIpc) is 4.09. The zero-order chi connectivity index (χ0) is 39.1. The van der Waals surface area contributed by atoms with Gasteiger partial charge in [-0.3, -0.25) is 23.9 Å². The second-order valence-electron chi connectivity index (χ2n) is 15.2. The van der Waals surface area contributed by atoms with Crippen LogP contribution in [0.2, 0.25) is 0 Å². The molecular formula is C40H46N6O8S. The molecule has 1 aromatic heterocycles. The van der Waals surface area contributed by atoms with E-state index in [0.717, 1.165) is 16.3 Å². The third-order valence-electron chi connectivity index (χ3n) is 11.1. The zero-order valence-electron chi connectivity index (χ0n) is 30.9. The van der Waals surface area contributed by atoms with Crippen molar-refractivity contribution in [3.63, 3.8) is 0 Å². The molecule has 3 aromatic rings. The van der Waals surface area contributed by atoms with Crippen LogP contribution >= 0.6 is 0 Å². The lowest BCUT2D eigenvalue weighted by Crippen LogP contribution is -2.59. The van der Waals surface area contributed by atoms with Gasteiger partial charge in [0, 0.05) is 30.0 Å². The molecule has 2 aliphatic carbocycles. The third kappa shape index (κ3) is 7.53. The molecular weight excluding hydrogens is 725 g/mol. The van der Waals surface area contributed by atoms with E-state index in [9.17, 15) is 32.4 Å². The van der Waals surface area contributed by atoms with Gasteiger partial charge >= 0.3 is 6.09 Å². The van der Waals surface area contributed by atoms with E-state index < -0.39 is 74.6 Å². The first-order valence-corrected chi connectivity index (χ1v) is 20.4. The summed E-state index contributed by atoms with van der Waals surface area (Å²) >= 11 is 0. The summed E-state index contributed by atoms with van der Waals surface area (Å²) in [5, 5.41) is 11.4. The number of hydrogen-bond donors (Lipinski definition) is 3. The summed E-state index contributed by atoms with van der Waals surface area (Å²) in [5.41, 5.74) is 0.121. The number of nitrogens with one attached hydrogen (secondary N) is 3. The van der Waals surface area contributed by atoms with E-state index in [2.05, 4.69) is 27.0 Å². The minimum atomic E-state index is -3.92. The van der Waals surface area contributed by atoms with Crippen LogP contribution in [0.25, 0.3) is 21.9 Å². The maximum absolute atomic E-state index is 14.6. The molecule has 0 radical (unpaired) electrons. The van der Waals surface area contributed by atoms with Crippen molar-refractivity contribution in [3.8, 4) is 11.1 Å². The zero-order valence-corrected chi connectivity index (χ0v) is 31.7. The van der Waals surface area contributed by atoms with Gasteiger partial charge in [0.25, 0.3) is 11.5 Å². The lowest BCUT2D eigenvalue weighted by atomic mass is 9.94. The number of amides is 4. The molecule has 14 nitrogen and oxygen atoms in total. The maximum Gasteiger partial charge on any atom is 0.407 e. The number of carbonyl (C=O) groups excluding carboxylic acids is 4. The molecule has 0 spiro atoms. The Morgan fingerprint density at radius 3 is 2.53 bits per heavy atom. The van der Waals surface area contributed by atoms with Crippen molar-refractivity contribution in [2.45, 2.75) is 87.7 Å². The van der Waals surface area contributed by atoms with E-state index in [1.807, 2.05) is 54.6 Å². The van der Waals surface area contributed by atoms with E-state index in [4.69, 9.17) is 4.74 Å². The number of benzene rings is 2. The predicted octanol–water partition coefficient (Wildman–Crippen LogP) is 3.52. The largest absolute Gasteiger partial charge is 0.449 e. The van der Waals surface area contributed by atoms with Crippen molar-refractivity contribution >= 4 is 44.6 Å². The number of hydrogen-bond acceptors (Lipinski definition) is 9. The van der Waals surface area contributed by atoms with Crippen LogP contribution in [0.1, 0.15) is 64.0 Å². The summed E-state index contributed by atoms with van der Waals surface area (Å²) < 4.78 is 34.3. The van der Waals surface area contributed by atoms with Crippen molar-refractivity contribution in [2.75, 3.05) is 13.2 Å². The first-order valence-electron chi connectivity index (χ1n) is 18.8. The lowest BCUT2D eigenvalue weighted by Gasteiger charge is -2.31. The molecule has 290 valence electrons. The molecule has 2 aliphatic heterocycles. The van der Waals surface area contributed by atoms with Crippen LogP contribution in [0.3, 0.4) is 0 Å². The molecule has 55 heavy (non-hydrogen) atoms. The van der Waals surface area contributed by atoms with Gasteiger partial charge in [-0.25, -0.2) is 17.9 Å². The van der Waals surface area contributed by atoms with Crippen molar-refractivity contribution < 1.29 is 32.3 Å². The number of sulfonamides is 1. The highest BCUT2D eigenvalue weighted by Crippen LogP contribution is 2.46. The Morgan fingerprint density at radius 1 is 1.05 bits per heavy atom. The summed E-state index contributed by atoms with van der Waals surface area (Å²) in [7, 11) is -3.92. The maximum atomic E-state index is 14.6. The van der Waals surface area contributed by atoms with E-state index in [-0.39, 0.29) is 31.6 Å². The number of rotatable bonds is 8. The van der Waals surface area contributed by atoms with Gasteiger partial charge in [-0.15, -0.1) is 6.58 Å².